The molecule has 0 bridgehead atoms. The van der Waals surface area contributed by atoms with E-state index in [-0.39, 0.29) is 18.1 Å². The Kier molecular flexibility index (Phi) is 4.42. The molecule has 0 spiro atoms. The maximum Gasteiger partial charge on any atom is 0.264 e. The van der Waals surface area contributed by atoms with E-state index >= 15 is 0 Å². The molecular weight excluding hydrogens is 318 g/mol. The quantitative estimate of drug-likeness (QED) is 0.851. The van der Waals surface area contributed by atoms with Crippen molar-refractivity contribution in [2.75, 3.05) is 27.3 Å². The van der Waals surface area contributed by atoms with Gasteiger partial charge in [0, 0.05) is 27.3 Å². The molecule has 2 unspecified atom stereocenters. The van der Waals surface area contributed by atoms with Gasteiger partial charge < -0.3 is 14.4 Å². The minimum atomic E-state index is -0.0385. The van der Waals surface area contributed by atoms with E-state index in [1.54, 1.807) is 19.1 Å². The molecular formula is C12H16BrNO3S. The van der Waals surface area contributed by atoms with E-state index in [1.165, 1.54) is 11.3 Å². The highest BCUT2D eigenvalue weighted by Crippen LogP contribution is 2.29. The molecule has 18 heavy (non-hydrogen) atoms. The molecule has 6 heteroatoms. The van der Waals surface area contributed by atoms with E-state index in [1.807, 2.05) is 13.0 Å². The minimum absolute atomic E-state index is 0.0385. The minimum Gasteiger partial charge on any atom is -0.377 e. The van der Waals surface area contributed by atoms with E-state index in [4.69, 9.17) is 9.47 Å². The van der Waals surface area contributed by atoms with E-state index < -0.39 is 0 Å². The molecule has 2 atom stereocenters. The van der Waals surface area contributed by atoms with Gasteiger partial charge in [0.15, 0.2) is 0 Å². The molecule has 0 aliphatic carbocycles. The fourth-order valence-electron chi connectivity index (χ4n) is 2.08. The standard InChI is InChI=1S/C12H16BrNO3S/c1-7-4-10(18-11(7)13)12(15)14-5-8(16-2)9(6-14)17-3/h4,8-9H,5-6H2,1-3H3. The number of thiophene rings is 1. The molecule has 1 aromatic rings. The topological polar surface area (TPSA) is 38.8 Å². The van der Waals surface area contributed by atoms with Crippen LogP contribution in [0.15, 0.2) is 9.85 Å². The van der Waals surface area contributed by atoms with Crippen molar-refractivity contribution in [3.05, 3.63) is 20.3 Å². The number of halogens is 1. The average Bonchev–Trinajstić information content (AvgIpc) is 2.92. The van der Waals surface area contributed by atoms with Gasteiger partial charge in [-0.3, -0.25) is 4.79 Å². The number of aryl methyl sites for hydroxylation is 1. The molecule has 100 valence electrons. The number of methoxy groups -OCH3 is 2. The van der Waals surface area contributed by atoms with E-state index in [0.29, 0.717) is 13.1 Å². The van der Waals surface area contributed by atoms with Crippen molar-refractivity contribution in [1.29, 1.82) is 0 Å². The Bertz CT molecular complexity index is 417. The lowest BCUT2D eigenvalue weighted by Gasteiger charge is -2.14. The van der Waals surface area contributed by atoms with Crippen LogP contribution in [0.5, 0.6) is 0 Å². The van der Waals surface area contributed by atoms with Gasteiger partial charge in [0.25, 0.3) is 5.91 Å². The van der Waals surface area contributed by atoms with Crippen molar-refractivity contribution in [2.24, 2.45) is 0 Å². The fourth-order valence-corrected chi connectivity index (χ4v) is 3.59. The summed E-state index contributed by atoms with van der Waals surface area (Å²) in [5.74, 6) is 0.0513. The van der Waals surface area contributed by atoms with E-state index in [9.17, 15) is 4.79 Å². The van der Waals surface area contributed by atoms with Crippen LogP contribution in [0, 0.1) is 6.92 Å². The summed E-state index contributed by atoms with van der Waals surface area (Å²) < 4.78 is 11.7. The van der Waals surface area contributed by atoms with Crippen molar-refractivity contribution in [3.63, 3.8) is 0 Å². The lowest BCUT2D eigenvalue weighted by molar-refractivity contribution is -0.00461. The van der Waals surface area contributed by atoms with E-state index in [0.717, 1.165) is 14.2 Å². The Labute approximate surface area is 119 Å². The third-order valence-electron chi connectivity index (χ3n) is 3.18. The molecule has 1 fully saturated rings. The van der Waals surface area contributed by atoms with Crippen molar-refractivity contribution in [1.82, 2.24) is 4.90 Å². The third kappa shape index (κ3) is 2.61. The summed E-state index contributed by atoms with van der Waals surface area (Å²) in [6, 6.07) is 1.92. The van der Waals surface area contributed by atoms with Gasteiger partial charge in [-0.25, -0.2) is 0 Å². The number of carbonyl (C=O) groups excluding carboxylic acids is 1. The normalized spacial score (nSPS) is 23.7. The summed E-state index contributed by atoms with van der Waals surface area (Å²) in [7, 11) is 3.30. The van der Waals surface area contributed by atoms with Crippen LogP contribution in [0.4, 0.5) is 0 Å². The van der Waals surface area contributed by atoms with Crippen molar-refractivity contribution in [2.45, 2.75) is 19.1 Å². The first-order valence-electron chi connectivity index (χ1n) is 5.67. The predicted octanol–water partition coefficient (Wildman–Crippen LogP) is 2.30. The Morgan fingerprint density at radius 3 is 2.33 bits per heavy atom. The van der Waals surface area contributed by atoms with Gasteiger partial charge in [-0.05, 0) is 34.5 Å². The Balaban J connectivity index is 2.11. The highest BCUT2D eigenvalue weighted by atomic mass is 79.9. The summed E-state index contributed by atoms with van der Waals surface area (Å²) in [5.41, 5.74) is 1.09. The zero-order chi connectivity index (χ0) is 13.3. The number of amides is 1. The zero-order valence-electron chi connectivity index (χ0n) is 10.6. The summed E-state index contributed by atoms with van der Waals surface area (Å²) in [6.07, 6.45) is -0.0769. The number of ether oxygens (including phenoxy) is 2. The molecule has 0 saturated carbocycles. The van der Waals surface area contributed by atoms with E-state index in [2.05, 4.69) is 15.9 Å². The van der Waals surface area contributed by atoms with Gasteiger partial charge in [0.1, 0.15) is 12.2 Å². The van der Waals surface area contributed by atoms with Gasteiger partial charge in [0.05, 0.1) is 8.66 Å². The average molecular weight is 334 g/mol. The second kappa shape index (κ2) is 5.69. The Hall–Kier alpha value is -0.430. The zero-order valence-corrected chi connectivity index (χ0v) is 13.0. The van der Waals surface area contributed by atoms with Gasteiger partial charge in [-0.1, -0.05) is 0 Å². The monoisotopic (exact) mass is 333 g/mol. The molecule has 0 aromatic carbocycles. The van der Waals surface area contributed by atoms with Crippen molar-refractivity contribution >= 4 is 33.2 Å². The molecule has 0 N–H and O–H groups in total. The maximum absolute atomic E-state index is 12.3. The molecule has 2 rings (SSSR count). The summed E-state index contributed by atoms with van der Waals surface area (Å²) in [4.78, 5) is 14.9. The Morgan fingerprint density at radius 2 is 1.94 bits per heavy atom. The first kappa shape index (κ1) is 14.0. The Morgan fingerprint density at radius 1 is 1.39 bits per heavy atom. The molecule has 4 nitrogen and oxygen atoms in total. The van der Waals surface area contributed by atoms with Crippen LogP contribution < -0.4 is 0 Å². The van der Waals surface area contributed by atoms with Crippen LogP contribution >= 0.6 is 27.3 Å². The number of hydrogen-bond donors (Lipinski definition) is 0. The molecule has 1 aliphatic rings. The number of nitrogens with zero attached hydrogens (tertiary/aromatic N) is 1. The molecule has 1 saturated heterocycles. The SMILES string of the molecule is COC1CN(C(=O)c2cc(C)c(Br)s2)CC1OC. The van der Waals surface area contributed by atoms with Crippen LogP contribution in [0.25, 0.3) is 0 Å². The van der Waals surface area contributed by atoms with Gasteiger partial charge >= 0.3 is 0 Å². The predicted molar refractivity (Wildman–Crippen MR) is 74.3 cm³/mol. The molecule has 1 aliphatic heterocycles. The molecule has 2 heterocycles. The van der Waals surface area contributed by atoms with Crippen molar-refractivity contribution in [3.8, 4) is 0 Å². The number of likely N-dealkylation sites (tertiary alicyclic amines) is 1. The van der Waals surface area contributed by atoms with Crippen LogP contribution in [-0.2, 0) is 9.47 Å². The number of hydrogen-bond acceptors (Lipinski definition) is 4. The van der Waals surface area contributed by atoms with Crippen LogP contribution in [-0.4, -0.2) is 50.3 Å². The third-order valence-corrected chi connectivity index (χ3v) is 5.30. The second-order valence-electron chi connectivity index (χ2n) is 4.33. The lowest BCUT2D eigenvalue weighted by Crippen LogP contribution is -2.29. The first-order valence-corrected chi connectivity index (χ1v) is 7.28. The van der Waals surface area contributed by atoms with Crippen LogP contribution in [0.1, 0.15) is 15.2 Å². The van der Waals surface area contributed by atoms with Crippen LogP contribution in [0.3, 0.4) is 0 Å². The van der Waals surface area contributed by atoms with Crippen LogP contribution in [0.2, 0.25) is 0 Å². The number of rotatable bonds is 3. The second-order valence-corrected chi connectivity index (χ2v) is 6.70. The largest absolute Gasteiger partial charge is 0.377 e. The van der Waals surface area contributed by atoms with Gasteiger partial charge in [0.2, 0.25) is 0 Å². The van der Waals surface area contributed by atoms with Crippen molar-refractivity contribution < 1.29 is 14.3 Å². The first-order chi connectivity index (χ1) is 8.56. The summed E-state index contributed by atoms with van der Waals surface area (Å²) in [6.45, 7) is 3.15. The molecule has 1 aromatic heterocycles. The maximum atomic E-state index is 12.3. The number of carbonyl (C=O) groups is 1. The summed E-state index contributed by atoms with van der Waals surface area (Å²) >= 11 is 4.91. The summed E-state index contributed by atoms with van der Waals surface area (Å²) in [5, 5.41) is 0. The fraction of sp³-hybridized carbons (Fsp3) is 0.583. The molecule has 1 amide bonds. The van der Waals surface area contributed by atoms with Gasteiger partial charge in [-0.15, -0.1) is 11.3 Å². The highest BCUT2D eigenvalue weighted by Gasteiger charge is 2.36. The highest BCUT2D eigenvalue weighted by molar-refractivity contribution is 9.11. The smallest absolute Gasteiger partial charge is 0.264 e. The lowest BCUT2D eigenvalue weighted by atomic mass is 10.3. The molecule has 0 radical (unpaired) electrons. The van der Waals surface area contributed by atoms with Gasteiger partial charge in [-0.2, -0.15) is 0 Å².